The summed E-state index contributed by atoms with van der Waals surface area (Å²) in [6.07, 6.45) is 6.25. The van der Waals surface area contributed by atoms with Crippen LogP contribution in [0.15, 0.2) is 17.1 Å². The van der Waals surface area contributed by atoms with Crippen LogP contribution in [0.3, 0.4) is 0 Å². The SMILES string of the molecule is CCNC(=NCCCN(CC)CC)NCCN1C(=O)C2C3C=CC(C3)C2C1=O. The monoisotopic (exact) mass is 389 g/mol. The minimum absolute atomic E-state index is 0.0230. The molecule has 7 heteroatoms. The molecule has 2 fully saturated rings. The Morgan fingerprint density at radius 3 is 2.32 bits per heavy atom. The van der Waals surface area contributed by atoms with Crippen molar-refractivity contribution < 1.29 is 9.59 Å². The number of allylic oxidation sites excluding steroid dienone is 2. The Morgan fingerprint density at radius 2 is 1.75 bits per heavy atom. The van der Waals surface area contributed by atoms with E-state index in [1.807, 2.05) is 6.92 Å². The van der Waals surface area contributed by atoms with Gasteiger partial charge in [-0.05, 0) is 51.2 Å². The Morgan fingerprint density at radius 1 is 1.11 bits per heavy atom. The van der Waals surface area contributed by atoms with Gasteiger partial charge in [-0.3, -0.25) is 19.5 Å². The standard InChI is InChI=1S/C21H35N5O2/c1-4-22-21(23-10-7-12-25(5-2)6-3)24-11-13-26-19(27)17-15-8-9-16(14-15)18(17)20(26)28/h8-9,15-18H,4-7,10-14H2,1-3H3,(H2,22,23,24). The van der Waals surface area contributed by atoms with Crippen LogP contribution < -0.4 is 10.6 Å². The summed E-state index contributed by atoms with van der Waals surface area (Å²) in [6, 6.07) is 0. The number of carbonyl (C=O) groups excluding carboxylic acids is 2. The lowest BCUT2D eigenvalue weighted by Crippen LogP contribution is -2.43. The largest absolute Gasteiger partial charge is 0.357 e. The van der Waals surface area contributed by atoms with E-state index in [-0.39, 0.29) is 35.5 Å². The van der Waals surface area contributed by atoms with Crippen molar-refractivity contribution in [3.05, 3.63) is 12.2 Å². The second-order valence-electron chi connectivity index (χ2n) is 7.90. The third-order valence-corrected chi connectivity index (χ3v) is 6.33. The van der Waals surface area contributed by atoms with Gasteiger partial charge in [0.15, 0.2) is 5.96 Å². The molecule has 0 spiro atoms. The zero-order chi connectivity index (χ0) is 20.1. The maximum absolute atomic E-state index is 12.7. The van der Waals surface area contributed by atoms with Gasteiger partial charge in [-0.15, -0.1) is 0 Å². The third kappa shape index (κ3) is 4.24. The molecule has 1 heterocycles. The van der Waals surface area contributed by atoms with Gasteiger partial charge in [-0.1, -0.05) is 26.0 Å². The molecule has 0 aromatic carbocycles. The van der Waals surface area contributed by atoms with Gasteiger partial charge in [-0.25, -0.2) is 0 Å². The lowest BCUT2D eigenvalue weighted by molar-refractivity contribution is -0.140. The molecule has 4 unspecified atom stereocenters. The summed E-state index contributed by atoms with van der Waals surface area (Å²) in [5.41, 5.74) is 0. The van der Waals surface area contributed by atoms with E-state index in [9.17, 15) is 9.59 Å². The van der Waals surface area contributed by atoms with Crippen LogP contribution in [-0.2, 0) is 9.59 Å². The molecule has 2 amide bonds. The molecule has 3 aliphatic rings. The topological polar surface area (TPSA) is 77.0 Å². The first-order chi connectivity index (χ1) is 13.6. The van der Waals surface area contributed by atoms with Crippen LogP contribution in [0.2, 0.25) is 0 Å². The van der Waals surface area contributed by atoms with Crippen LogP contribution in [-0.4, -0.2) is 73.4 Å². The molecule has 1 aliphatic heterocycles. The Hall–Kier alpha value is -1.89. The number of carbonyl (C=O) groups is 2. The first-order valence-corrected chi connectivity index (χ1v) is 10.9. The molecule has 0 aromatic heterocycles. The third-order valence-electron chi connectivity index (χ3n) is 6.33. The average Bonchev–Trinajstić information content (AvgIpc) is 3.37. The highest BCUT2D eigenvalue weighted by molar-refractivity contribution is 6.06. The van der Waals surface area contributed by atoms with Gasteiger partial charge in [0.1, 0.15) is 0 Å². The highest BCUT2D eigenvalue weighted by Gasteiger charge is 2.58. The number of aliphatic imine (C=N–C) groups is 1. The van der Waals surface area contributed by atoms with E-state index in [1.165, 1.54) is 4.90 Å². The Balaban J connectivity index is 1.45. The van der Waals surface area contributed by atoms with Crippen LogP contribution >= 0.6 is 0 Å². The van der Waals surface area contributed by atoms with E-state index in [0.29, 0.717) is 13.1 Å². The Labute approximate surface area is 168 Å². The van der Waals surface area contributed by atoms with Crippen molar-refractivity contribution in [2.24, 2.45) is 28.7 Å². The molecule has 4 atom stereocenters. The summed E-state index contributed by atoms with van der Waals surface area (Å²) in [5.74, 6) is 1.13. The average molecular weight is 390 g/mol. The van der Waals surface area contributed by atoms with Crippen LogP contribution in [0.1, 0.15) is 33.6 Å². The summed E-state index contributed by atoms with van der Waals surface area (Å²) in [4.78, 5) is 33.9. The molecule has 0 aromatic rings. The highest BCUT2D eigenvalue weighted by Crippen LogP contribution is 2.52. The van der Waals surface area contributed by atoms with E-state index < -0.39 is 0 Å². The van der Waals surface area contributed by atoms with Crippen molar-refractivity contribution in [1.29, 1.82) is 0 Å². The minimum Gasteiger partial charge on any atom is -0.357 e. The summed E-state index contributed by atoms with van der Waals surface area (Å²) in [6.45, 7) is 12.0. The second kappa shape index (κ2) is 9.54. The van der Waals surface area contributed by atoms with Crippen molar-refractivity contribution in [2.45, 2.75) is 33.6 Å². The van der Waals surface area contributed by atoms with Gasteiger partial charge in [0.05, 0.1) is 11.8 Å². The van der Waals surface area contributed by atoms with E-state index in [2.05, 4.69) is 46.5 Å². The maximum Gasteiger partial charge on any atom is 0.233 e. The van der Waals surface area contributed by atoms with Crippen LogP contribution in [0.5, 0.6) is 0 Å². The number of guanidine groups is 1. The van der Waals surface area contributed by atoms with Crippen molar-refractivity contribution >= 4 is 17.8 Å². The summed E-state index contributed by atoms with van der Waals surface area (Å²) in [7, 11) is 0. The number of imide groups is 1. The molecule has 0 radical (unpaired) electrons. The molecule has 2 bridgehead atoms. The Kier molecular flexibility index (Phi) is 7.10. The predicted molar refractivity (Wildman–Crippen MR) is 111 cm³/mol. The predicted octanol–water partition coefficient (Wildman–Crippen LogP) is 1.08. The van der Waals surface area contributed by atoms with Crippen molar-refractivity contribution in [3.8, 4) is 0 Å². The number of likely N-dealkylation sites (tertiary alicyclic amines) is 1. The van der Waals surface area contributed by atoms with Crippen molar-refractivity contribution in [2.75, 3.05) is 45.8 Å². The fraction of sp³-hybridized carbons (Fsp3) is 0.762. The molecule has 7 nitrogen and oxygen atoms in total. The molecular formula is C21H35N5O2. The number of amides is 2. The van der Waals surface area contributed by atoms with E-state index in [4.69, 9.17) is 0 Å². The zero-order valence-corrected chi connectivity index (χ0v) is 17.5. The number of rotatable bonds is 10. The van der Waals surface area contributed by atoms with Gasteiger partial charge in [0, 0.05) is 26.2 Å². The van der Waals surface area contributed by atoms with Crippen LogP contribution in [0, 0.1) is 23.7 Å². The summed E-state index contributed by atoms with van der Waals surface area (Å²) >= 11 is 0. The molecule has 3 rings (SSSR count). The maximum atomic E-state index is 12.7. The summed E-state index contributed by atoms with van der Waals surface area (Å²) < 4.78 is 0. The number of hydrogen-bond donors (Lipinski definition) is 2. The molecule has 1 saturated carbocycles. The number of fused-ring (bicyclic) bond motifs is 5. The zero-order valence-electron chi connectivity index (χ0n) is 17.5. The second-order valence-corrected chi connectivity index (χ2v) is 7.90. The first kappa shape index (κ1) is 20.8. The van der Waals surface area contributed by atoms with Gasteiger partial charge < -0.3 is 15.5 Å². The number of hydrogen-bond acceptors (Lipinski definition) is 4. The lowest BCUT2D eigenvalue weighted by Gasteiger charge is -2.19. The Bertz CT molecular complexity index is 598. The fourth-order valence-electron chi connectivity index (χ4n) is 4.84. The van der Waals surface area contributed by atoms with Gasteiger partial charge in [-0.2, -0.15) is 0 Å². The molecule has 1 saturated heterocycles. The number of nitrogens with zero attached hydrogens (tertiary/aromatic N) is 3. The van der Waals surface area contributed by atoms with Crippen molar-refractivity contribution in [3.63, 3.8) is 0 Å². The summed E-state index contributed by atoms with van der Waals surface area (Å²) in [5, 5.41) is 6.51. The van der Waals surface area contributed by atoms with Crippen LogP contribution in [0.4, 0.5) is 0 Å². The minimum atomic E-state index is -0.107. The molecule has 2 aliphatic carbocycles. The highest BCUT2D eigenvalue weighted by atomic mass is 16.2. The lowest BCUT2D eigenvalue weighted by atomic mass is 9.85. The van der Waals surface area contributed by atoms with Gasteiger partial charge in [0.25, 0.3) is 0 Å². The van der Waals surface area contributed by atoms with Crippen molar-refractivity contribution in [1.82, 2.24) is 20.4 Å². The fourth-order valence-corrected chi connectivity index (χ4v) is 4.84. The molecular weight excluding hydrogens is 354 g/mol. The first-order valence-electron chi connectivity index (χ1n) is 10.9. The van der Waals surface area contributed by atoms with E-state index in [0.717, 1.165) is 51.5 Å². The molecule has 2 N–H and O–H groups in total. The van der Waals surface area contributed by atoms with Crippen LogP contribution in [0.25, 0.3) is 0 Å². The molecule has 28 heavy (non-hydrogen) atoms. The van der Waals surface area contributed by atoms with Gasteiger partial charge in [0.2, 0.25) is 11.8 Å². The number of nitrogens with one attached hydrogen (secondary N) is 2. The normalized spacial score (nSPS) is 28.6. The van der Waals surface area contributed by atoms with E-state index >= 15 is 0 Å². The molecule has 156 valence electrons. The smallest absolute Gasteiger partial charge is 0.233 e. The van der Waals surface area contributed by atoms with Gasteiger partial charge >= 0.3 is 0 Å². The van der Waals surface area contributed by atoms with E-state index in [1.54, 1.807) is 0 Å². The quantitative estimate of drug-likeness (QED) is 0.192.